The summed E-state index contributed by atoms with van der Waals surface area (Å²) >= 11 is 0. The molecule has 1 amide bonds. The van der Waals surface area contributed by atoms with Crippen molar-refractivity contribution in [3.05, 3.63) is 29.8 Å². The van der Waals surface area contributed by atoms with Gasteiger partial charge in [0, 0.05) is 26.1 Å². The molecule has 0 aromatic heterocycles. The van der Waals surface area contributed by atoms with Crippen LogP contribution in [0.3, 0.4) is 0 Å². The number of hydrogen-bond donors (Lipinski definition) is 0. The SMILES string of the molecule is CCCN(CCC)C(=O)CCN(c1ccccc1C(C)(C)C)S(C)(=O)=O. The van der Waals surface area contributed by atoms with Gasteiger partial charge >= 0.3 is 0 Å². The van der Waals surface area contributed by atoms with Gasteiger partial charge in [0.05, 0.1) is 11.9 Å². The maximum absolute atomic E-state index is 12.6. The van der Waals surface area contributed by atoms with Crippen molar-refractivity contribution >= 4 is 21.6 Å². The Morgan fingerprint density at radius 1 is 1.00 bits per heavy atom. The lowest BCUT2D eigenvalue weighted by molar-refractivity contribution is -0.131. The second-order valence-electron chi connectivity index (χ2n) is 7.73. The molecule has 0 N–H and O–H groups in total. The van der Waals surface area contributed by atoms with Gasteiger partial charge in [0.2, 0.25) is 15.9 Å². The topological polar surface area (TPSA) is 57.7 Å². The molecule has 1 rings (SSSR count). The third-order valence-corrected chi connectivity index (χ3v) is 5.43. The van der Waals surface area contributed by atoms with Crippen LogP contribution in [0.5, 0.6) is 0 Å². The van der Waals surface area contributed by atoms with Crippen LogP contribution in [0.4, 0.5) is 5.69 Å². The molecule has 26 heavy (non-hydrogen) atoms. The van der Waals surface area contributed by atoms with Crippen molar-refractivity contribution in [2.45, 2.75) is 59.3 Å². The van der Waals surface area contributed by atoms with E-state index in [1.807, 2.05) is 43.0 Å². The quantitative estimate of drug-likeness (QED) is 0.653. The number of hydrogen-bond acceptors (Lipinski definition) is 3. The molecule has 0 saturated heterocycles. The summed E-state index contributed by atoms with van der Waals surface area (Å²) in [7, 11) is -3.48. The highest BCUT2D eigenvalue weighted by molar-refractivity contribution is 7.92. The molecule has 0 aliphatic heterocycles. The Balaban J connectivity index is 3.10. The van der Waals surface area contributed by atoms with Crippen molar-refractivity contribution in [2.24, 2.45) is 0 Å². The standard InChI is InChI=1S/C20H34N2O3S/c1-7-14-21(15-8-2)19(23)13-16-22(26(6,24)25)18-12-10-9-11-17(18)20(3,4)5/h9-12H,7-8,13-16H2,1-6H3. The van der Waals surface area contributed by atoms with Gasteiger partial charge in [-0.3, -0.25) is 9.10 Å². The van der Waals surface area contributed by atoms with E-state index in [0.29, 0.717) is 18.8 Å². The summed E-state index contributed by atoms with van der Waals surface area (Å²) in [4.78, 5) is 14.4. The van der Waals surface area contributed by atoms with Crippen LogP contribution in [0.25, 0.3) is 0 Å². The highest BCUT2D eigenvalue weighted by Gasteiger charge is 2.26. The maximum Gasteiger partial charge on any atom is 0.232 e. The van der Waals surface area contributed by atoms with Crippen molar-refractivity contribution in [3.63, 3.8) is 0 Å². The molecule has 0 fully saturated rings. The first kappa shape index (κ1) is 22.5. The summed E-state index contributed by atoms with van der Waals surface area (Å²) in [6, 6.07) is 7.53. The van der Waals surface area contributed by atoms with Gasteiger partial charge in [0.15, 0.2) is 0 Å². The zero-order valence-electron chi connectivity index (χ0n) is 17.1. The van der Waals surface area contributed by atoms with E-state index in [9.17, 15) is 13.2 Å². The van der Waals surface area contributed by atoms with Crippen LogP contribution in [0.15, 0.2) is 24.3 Å². The van der Waals surface area contributed by atoms with E-state index < -0.39 is 10.0 Å². The average Bonchev–Trinajstić information content (AvgIpc) is 2.53. The first-order valence-electron chi connectivity index (χ1n) is 9.37. The van der Waals surface area contributed by atoms with Gasteiger partial charge in [0.1, 0.15) is 0 Å². The lowest BCUT2D eigenvalue weighted by atomic mass is 9.86. The number of rotatable bonds is 9. The predicted molar refractivity (Wildman–Crippen MR) is 109 cm³/mol. The predicted octanol–water partition coefficient (Wildman–Crippen LogP) is 3.79. The minimum absolute atomic E-state index is 0.00981. The highest BCUT2D eigenvalue weighted by atomic mass is 32.2. The molecular formula is C20H34N2O3S. The molecule has 0 radical (unpaired) electrons. The van der Waals surface area contributed by atoms with Gasteiger partial charge in [-0.05, 0) is 29.9 Å². The van der Waals surface area contributed by atoms with Crippen LogP contribution >= 0.6 is 0 Å². The monoisotopic (exact) mass is 382 g/mol. The van der Waals surface area contributed by atoms with Crippen LogP contribution in [-0.4, -0.2) is 45.1 Å². The molecule has 0 heterocycles. The van der Waals surface area contributed by atoms with Gasteiger partial charge < -0.3 is 4.90 Å². The van der Waals surface area contributed by atoms with Crippen molar-refractivity contribution in [2.75, 3.05) is 30.2 Å². The summed E-state index contributed by atoms with van der Waals surface area (Å²) in [6.45, 7) is 11.8. The summed E-state index contributed by atoms with van der Waals surface area (Å²) in [5.41, 5.74) is 1.42. The van der Waals surface area contributed by atoms with Gasteiger partial charge in [-0.2, -0.15) is 0 Å². The molecule has 148 valence electrons. The number of amides is 1. The van der Waals surface area contributed by atoms with Gasteiger partial charge in [-0.25, -0.2) is 8.42 Å². The molecule has 0 unspecified atom stereocenters. The first-order chi connectivity index (χ1) is 12.0. The van der Waals surface area contributed by atoms with E-state index in [4.69, 9.17) is 0 Å². The fraction of sp³-hybridized carbons (Fsp3) is 0.650. The second-order valence-corrected chi connectivity index (χ2v) is 9.64. The first-order valence-corrected chi connectivity index (χ1v) is 11.2. The van der Waals surface area contributed by atoms with E-state index in [-0.39, 0.29) is 24.3 Å². The number of para-hydroxylation sites is 1. The van der Waals surface area contributed by atoms with Crippen LogP contribution in [0, 0.1) is 0 Å². The largest absolute Gasteiger partial charge is 0.343 e. The second kappa shape index (κ2) is 9.40. The van der Waals surface area contributed by atoms with E-state index >= 15 is 0 Å². The third-order valence-electron chi connectivity index (χ3n) is 4.25. The molecular weight excluding hydrogens is 348 g/mol. The third kappa shape index (κ3) is 6.31. The number of anilines is 1. The van der Waals surface area contributed by atoms with E-state index in [1.165, 1.54) is 10.6 Å². The molecule has 1 aromatic rings. The lowest BCUT2D eigenvalue weighted by Gasteiger charge is -2.30. The summed E-state index contributed by atoms with van der Waals surface area (Å²) in [5, 5.41) is 0. The number of sulfonamides is 1. The van der Waals surface area contributed by atoms with Gasteiger partial charge in [-0.15, -0.1) is 0 Å². The molecule has 0 bridgehead atoms. The molecule has 0 atom stereocenters. The van der Waals surface area contributed by atoms with Crippen LogP contribution < -0.4 is 4.31 Å². The Hall–Kier alpha value is -1.56. The van der Waals surface area contributed by atoms with E-state index in [1.54, 1.807) is 0 Å². The summed E-state index contributed by atoms with van der Waals surface area (Å²) in [6.07, 6.45) is 3.18. The van der Waals surface area contributed by atoms with E-state index in [2.05, 4.69) is 20.8 Å². The molecule has 6 heteroatoms. The van der Waals surface area contributed by atoms with E-state index in [0.717, 1.165) is 18.4 Å². The normalized spacial score (nSPS) is 12.1. The molecule has 0 spiro atoms. The zero-order chi connectivity index (χ0) is 20.0. The Morgan fingerprint density at radius 2 is 1.54 bits per heavy atom. The number of benzene rings is 1. The Kier molecular flexibility index (Phi) is 8.13. The van der Waals surface area contributed by atoms with Crippen LogP contribution in [0.2, 0.25) is 0 Å². The molecule has 5 nitrogen and oxygen atoms in total. The number of carbonyl (C=O) groups excluding carboxylic acids is 1. The minimum Gasteiger partial charge on any atom is -0.343 e. The van der Waals surface area contributed by atoms with Gasteiger partial charge in [0.25, 0.3) is 0 Å². The highest BCUT2D eigenvalue weighted by Crippen LogP contribution is 2.33. The smallest absolute Gasteiger partial charge is 0.232 e. The summed E-state index contributed by atoms with van der Waals surface area (Å²) in [5.74, 6) is 0.00981. The minimum atomic E-state index is -3.48. The summed E-state index contributed by atoms with van der Waals surface area (Å²) < 4.78 is 26.3. The Labute approximate surface area is 159 Å². The van der Waals surface area contributed by atoms with Crippen LogP contribution in [0.1, 0.15) is 59.4 Å². The van der Waals surface area contributed by atoms with Crippen molar-refractivity contribution in [1.82, 2.24) is 4.90 Å². The lowest BCUT2D eigenvalue weighted by Crippen LogP contribution is -2.38. The van der Waals surface area contributed by atoms with Crippen LogP contribution in [-0.2, 0) is 20.2 Å². The average molecular weight is 383 g/mol. The Morgan fingerprint density at radius 3 is 2.00 bits per heavy atom. The number of carbonyl (C=O) groups is 1. The molecule has 0 saturated carbocycles. The van der Waals surface area contributed by atoms with Gasteiger partial charge in [-0.1, -0.05) is 52.8 Å². The van der Waals surface area contributed by atoms with Crippen molar-refractivity contribution < 1.29 is 13.2 Å². The zero-order valence-corrected chi connectivity index (χ0v) is 17.9. The molecule has 0 aliphatic rings. The number of nitrogens with zero attached hydrogens (tertiary/aromatic N) is 2. The van der Waals surface area contributed by atoms with Crippen molar-refractivity contribution in [3.8, 4) is 0 Å². The molecule has 1 aromatic carbocycles. The Bertz CT molecular complexity index is 687. The molecule has 0 aliphatic carbocycles. The fourth-order valence-electron chi connectivity index (χ4n) is 3.05. The fourth-order valence-corrected chi connectivity index (χ4v) is 3.99. The maximum atomic E-state index is 12.6. The van der Waals surface area contributed by atoms with Crippen molar-refractivity contribution in [1.29, 1.82) is 0 Å².